The molecule has 1 aromatic carbocycles. The van der Waals surface area contributed by atoms with Crippen molar-refractivity contribution < 1.29 is 19.1 Å². The van der Waals surface area contributed by atoms with E-state index in [9.17, 15) is 14.0 Å². The Morgan fingerprint density at radius 1 is 1.42 bits per heavy atom. The maximum absolute atomic E-state index is 13.9. The van der Waals surface area contributed by atoms with Gasteiger partial charge >= 0.3 is 5.97 Å². The molecule has 6 heteroatoms. The topological polar surface area (TPSA) is 69.6 Å². The molecule has 0 atom stereocenters. The first-order chi connectivity index (χ1) is 8.81. The summed E-state index contributed by atoms with van der Waals surface area (Å²) in [5.74, 6) is -2.38. The molecule has 0 bridgehead atoms. The van der Waals surface area contributed by atoms with E-state index in [2.05, 4.69) is 5.32 Å². The Morgan fingerprint density at radius 3 is 2.53 bits per heavy atom. The lowest BCUT2D eigenvalue weighted by Crippen LogP contribution is -2.26. The number of carbonyl (C=O) groups excluding carboxylic acids is 1. The molecule has 19 heavy (non-hydrogen) atoms. The number of hydrogen-bond acceptors (Lipinski definition) is 3. The molecule has 0 unspecified atom stereocenters. The number of hydrogen-bond donors (Lipinski definition) is 2. The highest BCUT2D eigenvalue weighted by molar-refractivity contribution is 6.01. The average Bonchev–Trinajstić information content (AvgIpc) is 2.26. The molecule has 0 aromatic heterocycles. The van der Waals surface area contributed by atoms with E-state index < -0.39 is 24.1 Å². The van der Waals surface area contributed by atoms with Crippen LogP contribution in [0, 0.1) is 5.82 Å². The van der Waals surface area contributed by atoms with Crippen LogP contribution < -0.4 is 10.2 Å². The second-order valence-corrected chi connectivity index (χ2v) is 4.49. The van der Waals surface area contributed by atoms with Gasteiger partial charge in [-0.05, 0) is 32.0 Å². The van der Waals surface area contributed by atoms with E-state index in [1.54, 1.807) is 18.0 Å². The van der Waals surface area contributed by atoms with Gasteiger partial charge in [-0.3, -0.25) is 9.59 Å². The van der Waals surface area contributed by atoms with Crippen LogP contribution >= 0.6 is 0 Å². The highest BCUT2D eigenvalue weighted by atomic mass is 19.1. The minimum absolute atomic E-state index is 0.141. The van der Waals surface area contributed by atoms with Gasteiger partial charge in [0.2, 0.25) is 5.91 Å². The maximum Gasteiger partial charge on any atom is 0.312 e. The highest BCUT2D eigenvalue weighted by Crippen LogP contribution is 2.23. The molecular formula is C13H17FN2O3. The lowest BCUT2D eigenvalue weighted by molar-refractivity contribution is -0.139. The molecule has 1 aromatic rings. The molecule has 0 spiro atoms. The summed E-state index contributed by atoms with van der Waals surface area (Å²) < 4.78 is 13.9. The zero-order valence-electron chi connectivity index (χ0n) is 11.1. The van der Waals surface area contributed by atoms with Crippen molar-refractivity contribution in [3.05, 3.63) is 24.0 Å². The predicted molar refractivity (Wildman–Crippen MR) is 70.8 cm³/mol. The van der Waals surface area contributed by atoms with Gasteiger partial charge < -0.3 is 15.3 Å². The Labute approximate surface area is 111 Å². The number of carbonyl (C=O) groups is 2. The van der Waals surface area contributed by atoms with E-state index in [1.807, 2.05) is 13.8 Å². The van der Waals surface area contributed by atoms with Crippen molar-refractivity contribution in [1.82, 2.24) is 0 Å². The summed E-state index contributed by atoms with van der Waals surface area (Å²) in [5.41, 5.74) is 0.663. The summed E-state index contributed by atoms with van der Waals surface area (Å²) in [7, 11) is 1.77. The van der Waals surface area contributed by atoms with E-state index in [4.69, 9.17) is 5.11 Å². The van der Waals surface area contributed by atoms with Gasteiger partial charge in [-0.1, -0.05) is 0 Å². The third kappa shape index (κ3) is 4.24. The van der Waals surface area contributed by atoms with E-state index in [-0.39, 0.29) is 11.7 Å². The van der Waals surface area contributed by atoms with Crippen LogP contribution in [0.1, 0.15) is 20.3 Å². The molecule has 0 saturated carbocycles. The van der Waals surface area contributed by atoms with Gasteiger partial charge in [-0.15, -0.1) is 0 Å². The molecule has 2 N–H and O–H groups in total. The van der Waals surface area contributed by atoms with Crippen molar-refractivity contribution in [2.45, 2.75) is 26.3 Å². The number of nitrogens with one attached hydrogen (secondary N) is 1. The molecule has 1 rings (SSSR count). The second kappa shape index (κ2) is 6.17. The van der Waals surface area contributed by atoms with Crippen molar-refractivity contribution >= 4 is 23.3 Å². The summed E-state index contributed by atoms with van der Waals surface area (Å²) in [6.07, 6.45) is -0.644. The second-order valence-electron chi connectivity index (χ2n) is 4.49. The summed E-state index contributed by atoms with van der Waals surface area (Å²) in [4.78, 5) is 23.3. The molecule has 104 valence electrons. The molecule has 1 amide bonds. The Kier molecular flexibility index (Phi) is 4.86. The average molecular weight is 268 g/mol. The van der Waals surface area contributed by atoms with Crippen LogP contribution in [0.5, 0.6) is 0 Å². The number of carboxylic acids is 1. The predicted octanol–water partition coefficient (Wildman–Crippen LogP) is 2.08. The van der Waals surface area contributed by atoms with Gasteiger partial charge in [0.15, 0.2) is 0 Å². The summed E-state index contributed by atoms with van der Waals surface area (Å²) in [5, 5.41) is 10.8. The lowest BCUT2D eigenvalue weighted by Gasteiger charge is -2.24. The van der Waals surface area contributed by atoms with E-state index in [1.165, 1.54) is 12.1 Å². The maximum atomic E-state index is 13.9. The zero-order chi connectivity index (χ0) is 14.6. The first-order valence-electron chi connectivity index (χ1n) is 5.85. The van der Waals surface area contributed by atoms with Gasteiger partial charge in [0.05, 0.1) is 5.69 Å². The van der Waals surface area contributed by atoms with Crippen molar-refractivity contribution in [3.8, 4) is 0 Å². The summed E-state index contributed by atoms with van der Waals surface area (Å²) >= 11 is 0. The Balaban J connectivity index is 2.82. The van der Waals surface area contributed by atoms with E-state index in [0.29, 0.717) is 5.69 Å². The number of benzene rings is 1. The molecule has 0 heterocycles. The number of amides is 1. The standard InChI is InChI=1S/C13H17FN2O3/c1-8(2)16(3)11-5-4-9(6-10(11)14)15-12(17)7-13(18)19/h4-6,8H,7H2,1-3H3,(H,15,17)(H,18,19). The first kappa shape index (κ1) is 14.9. The molecule has 0 fully saturated rings. The molecule has 0 aliphatic heterocycles. The SMILES string of the molecule is CC(C)N(C)c1ccc(NC(=O)CC(=O)O)cc1F. The molecule has 0 radical (unpaired) electrons. The van der Waals surface area contributed by atoms with E-state index >= 15 is 0 Å². The minimum atomic E-state index is -1.23. The van der Waals surface area contributed by atoms with Crippen LogP contribution in [-0.2, 0) is 9.59 Å². The van der Waals surface area contributed by atoms with Crippen LogP contribution in [-0.4, -0.2) is 30.1 Å². The summed E-state index contributed by atoms with van der Waals surface area (Å²) in [6, 6.07) is 4.40. The smallest absolute Gasteiger partial charge is 0.312 e. The Bertz CT molecular complexity index is 489. The fourth-order valence-corrected chi connectivity index (χ4v) is 1.49. The van der Waals surface area contributed by atoms with Gasteiger partial charge in [-0.25, -0.2) is 4.39 Å². The quantitative estimate of drug-likeness (QED) is 0.802. The molecule has 0 aliphatic carbocycles. The first-order valence-corrected chi connectivity index (χ1v) is 5.85. The Morgan fingerprint density at radius 2 is 2.05 bits per heavy atom. The number of halogens is 1. The van der Waals surface area contributed by atoms with E-state index in [0.717, 1.165) is 0 Å². The lowest BCUT2D eigenvalue weighted by atomic mass is 10.2. The third-order valence-electron chi connectivity index (χ3n) is 2.70. The number of aliphatic carboxylic acids is 1. The molecule has 0 aliphatic rings. The molecular weight excluding hydrogens is 251 g/mol. The van der Waals surface area contributed by atoms with Crippen molar-refractivity contribution in [2.75, 3.05) is 17.3 Å². The number of nitrogens with zero attached hydrogens (tertiary/aromatic N) is 1. The van der Waals surface area contributed by atoms with Crippen LogP contribution in [0.4, 0.5) is 15.8 Å². The molecule has 0 saturated heterocycles. The van der Waals surface area contributed by atoms with Crippen LogP contribution in [0.15, 0.2) is 18.2 Å². The normalized spacial score (nSPS) is 10.4. The summed E-state index contributed by atoms with van der Waals surface area (Å²) in [6.45, 7) is 3.87. The van der Waals surface area contributed by atoms with Gasteiger partial charge in [0.1, 0.15) is 12.2 Å². The Hall–Kier alpha value is -2.11. The highest BCUT2D eigenvalue weighted by Gasteiger charge is 2.13. The number of carboxylic acid groups (broad SMARTS) is 1. The van der Waals surface area contributed by atoms with Gasteiger partial charge in [0, 0.05) is 18.8 Å². The zero-order valence-corrected chi connectivity index (χ0v) is 11.1. The van der Waals surface area contributed by atoms with Crippen molar-refractivity contribution in [2.24, 2.45) is 0 Å². The van der Waals surface area contributed by atoms with Gasteiger partial charge in [0.25, 0.3) is 0 Å². The minimum Gasteiger partial charge on any atom is -0.481 e. The van der Waals surface area contributed by atoms with Crippen molar-refractivity contribution in [3.63, 3.8) is 0 Å². The third-order valence-corrected chi connectivity index (χ3v) is 2.70. The van der Waals surface area contributed by atoms with Crippen LogP contribution in [0.2, 0.25) is 0 Å². The fourth-order valence-electron chi connectivity index (χ4n) is 1.49. The number of anilines is 2. The van der Waals surface area contributed by atoms with Crippen molar-refractivity contribution in [1.29, 1.82) is 0 Å². The number of rotatable bonds is 5. The van der Waals surface area contributed by atoms with Gasteiger partial charge in [-0.2, -0.15) is 0 Å². The monoisotopic (exact) mass is 268 g/mol. The largest absolute Gasteiger partial charge is 0.481 e. The van der Waals surface area contributed by atoms with Crippen LogP contribution in [0.3, 0.4) is 0 Å². The molecule has 5 nitrogen and oxygen atoms in total. The fraction of sp³-hybridized carbons (Fsp3) is 0.385. The van der Waals surface area contributed by atoms with Crippen LogP contribution in [0.25, 0.3) is 0 Å².